The van der Waals surface area contributed by atoms with Crippen molar-refractivity contribution in [2.24, 2.45) is 0 Å². The summed E-state index contributed by atoms with van der Waals surface area (Å²) in [6.07, 6.45) is -1.42. The summed E-state index contributed by atoms with van der Waals surface area (Å²) in [5.74, 6) is 0. The van der Waals surface area contributed by atoms with Gasteiger partial charge in [0.05, 0.1) is 6.04 Å². The van der Waals surface area contributed by atoms with Crippen LogP contribution in [0.4, 0.5) is 14.5 Å². The number of aryl methyl sites for hydroxylation is 1. The van der Waals surface area contributed by atoms with Gasteiger partial charge in [0.25, 0.3) is 6.43 Å². The number of benzene rings is 1. The van der Waals surface area contributed by atoms with E-state index in [0.29, 0.717) is 0 Å². The van der Waals surface area contributed by atoms with Crippen LogP contribution in [-0.2, 0) is 6.42 Å². The molecule has 0 aliphatic rings. The molecule has 0 radical (unpaired) electrons. The van der Waals surface area contributed by atoms with Gasteiger partial charge < -0.3 is 5.32 Å². The molecule has 0 heterocycles. The summed E-state index contributed by atoms with van der Waals surface area (Å²) in [6, 6.07) is 6.76. The Labute approximate surface area is 83.1 Å². The summed E-state index contributed by atoms with van der Waals surface area (Å²) in [4.78, 5) is 0. The summed E-state index contributed by atoms with van der Waals surface area (Å²) in [7, 11) is 0. The molecule has 1 rings (SSSR count). The normalized spacial score (nSPS) is 12.9. The van der Waals surface area contributed by atoms with Gasteiger partial charge in [-0.15, -0.1) is 0 Å². The van der Waals surface area contributed by atoms with Crippen LogP contribution in [0.15, 0.2) is 24.3 Å². The average molecular weight is 199 g/mol. The third-order valence-corrected chi connectivity index (χ3v) is 2.11. The Hall–Kier alpha value is -1.12. The summed E-state index contributed by atoms with van der Waals surface area (Å²) < 4.78 is 24.5. The maximum Gasteiger partial charge on any atom is 0.258 e. The summed E-state index contributed by atoms with van der Waals surface area (Å²) >= 11 is 0. The molecule has 78 valence electrons. The molecule has 0 bridgehead atoms. The molecule has 0 amide bonds. The minimum atomic E-state index is -2.33. The maximum absolute atomic E-state index is 12.2. The lowest BCUT2D eigenvalue weighted by atomic mass is 10.1. The molecule has 3 heteroatoms. The van der Waals surface area contributed by atoms with Gasteiger partial charge in [0.15, 0.2) is 0 Å². The van der Waals surface area contributed by atoms with Gasteiger partial charge in [0.1, 0.15) is 0 Å². The second-order valence-electron chi connectivity index (χ2n) is 3.32. The van der Waals surface area contributed by atoms with Gasteiger partial charge in [0.2, 0.25) is 0 Å². The number of nitrogens with one attached hydrogen (secondary N) is 1. The topological polar surface area (TPSA) is 12.0 Å². The SMILES string of the molecule is CCc1cccc(NC(C)C(F)F)c1. The highest BCUT2D eigenvalue weighted by Gasteiger charge is 2.13. The van der Waals surface area contributed by atoms with Crippen LogP contribution < -0.4 is 5.32 Å². The van der Waals surface area contributed by atoms with E-state index < -0.39 is 12.5 Å². The maximum atomic E-state index is 12.2. The van der Waals surface area contributed by atoms with E-state index in [1.54, 1.807) is 6.07 Å². The van der Waals surface area contributed by atoms with Crippen LogP contribution in [0.25, 0.3) is 0 Å². The molecule has 0 aliphatic carbocycles. The first kappa shape index (κ1) is 11.0. The van der Waals surface area contributed by atoms with E-state index in [-0.39, 0.29) is 0 Å². The van der Waals surface area contributed by atoms with Crippen molar-refractivity contribution in [3.05, 3.63) is 29.8 Å². The van der Waals surface area contributed by atoms with Crippen molar-refractivity contribution in [1.29, 1.82) is 0 Å². The monoisotopic (exact) mass is 199 g/mol. The van der Waals surface area contributed by atoms with Gasteiger partial charge in [-0.25, -0.2) is 8.78 Å². The first-order chi connectivity index (χ1) is 6.63. The summed E-state index contributed by atoms with van der Waals surface area (Å²) in [5, 5.41) is 2.77. The Bertz CT molecular complexity index is 286. The number of hydrogen-bond acceptors (Lipinski definition) is 1. The summed E-state index contributed by atoms with van der Waals surface area (Å²) in [6.45, 7) is 3.51. The highest BCUT2D eigenvalue weighted by molar-refractivity contribution is 5.46. The van der Waals surface area contributed by atoms with Gasteiger partial charge >= 0.3 is 0 Å². The molecular weight excluding hydrogens is 184 g/mol. The first-order valence-corrected chi connectivity index (χ1v) is 4.77. The molecule has 0 saturated heterocycles. The fourth-order valence-corrected chi connectivity index (χ4v) is 1.21. The molecule has 0 aliphatic heterocycles. The Morgan fingerprint density at radius 1 is 1.36 bits per heavy atom. The zero-order chi connectivity index (χ0) is 10.6. The standard InChI is InChI=1S/C11H15F2N/c1-3-9-5-4-6-10(7-9)14-8(2)11(12)13/h4-8,11,14H,3H2,1-2H3. The highest BCUT2D eigenvalue weighted by Crippen LogP contribution is 2.14. The van der Waals surface area contributed by atoms with Gasteiger partial charge in [-0.2, -0.15) is 0 Å². The first-order valence-electron chi connectivity index (χ1n) is 4.77. The highest BCUT2D eigenvalue weighted by atomic mass is 19.3. The molecule has 0 fully saturated rings. The number of halogens is 2. The van der Waals surface area contributed by atoms with Crippen molar-refractivity contribution in [3.63, 3.8) is 0 Å². The Morgan fingerprint density at radius 3 is 2.64 bits per heavy atom. The van der Waals surface area contributed by atoms with Crippen LogP contribution in [0.3, 0.4) is 0 Å². The Kier molecular flexibility index (Phi) is 3.86. The van der Waals surface area contributed by atoms with Gasteiger partial charge in [-0.05, 0) is 31.0 Å². The van der Waals surface area contributed by atoms with Gasteiger partial charge in [-0.1, -0.05) is 19.1 Å². The number of anilines is 1. The van der Waals surface area contributed by atoms with E-state index in [1.807, 2.05) is 25.1 Å². The van der Waals surface area contributed by atoms with Crippen LogP contribution in [0.1, 0.15) is 19.4 Å². The van der Waals surface area contributed by atoms with Crippen molar-refractivity contribution < 1.29 is 8.78 Å². The zero-order valence-corrected chi connectivity index (χ0v) is 8.43. The molecule has 1 unspecified atom stereocenters. The molecule has 1 aromatic rings. The minimum absolute atomic E-state index is 0.761. The van der Waals surface area contributed by atoms with E-state index >= 15 is 0 Å². The zero-order valence-electron chi connectivity index (χ0n) is 8.43. The molecule has 1 N–H and O–H groups in total. The van der Waals surface area contributed by atoms with Crippen molar-refractivity contribution in [2.75, 3.05) is 5.32 Å². The number of alkyl halides is 2. The predicted octanol–water partition coefficient (Wildman–Crippen LogP) is 3.31. The summed E-state index contributed by atoms with van der Waals surface area (Å²) in [5.41, 5.74) is 1.91. The molecule has 1 nitrogen and oxygen atoms in total. The van der Waals surface area contributed by atoms with E-state index in [4.69, 9.17) is 0 Å². The van der Waals surface area contributed by atoms with E-state index in [9.17, 15) is 8.78 Å². The van der Waals surface area contributed by atoms with Gasteiger partial charge in [-0.3, -0.25) is 0 Å². The lowest BCUT2D eigenvalue weighted by molar-refractivity contribution is 0.131. The molecule has 1 aromatic carbocycles. The minimum Gasteiger partial charge on any atom is -0.377 e. The Balaban J connectivity index is 2.66. The van der Waals surface area contributed by atoms with Crippen LogP contribution >= 0.6 is 0 Å². The van der Waals surface area contributed by atoms with E-state index in [1.165, 1.54) is 6.92 Å². The Morgan fingerprint density at radius 2 is 2.07 bits per heavy atom. The fourth-order valence-electron chi connectivity index (χ4n) is 1.21. The fraction of sp³-hybridized carbons (Fsp3) is 0.455. The van der Waals surface area contributed by atoms with Crippen molar-refractivity contribution in [1.82, 2.24) is 0 Å². The number of hydrogen-bond donors (Lipinski definition) is 1. The second-order valence-corrected chi connectivity index (χ2v) is 3.32. The third kappa shape index (κ3) is 2.98. The lowest BCUT2D eigenvalue weighted by Gasteiger charge is -2.14. The molecule has 1 atom stereocenters. The van der Waals surface area contributed by atoms with Crippen LogP contribution in [-0.4, -0.2) is 12.5 Å². The van der Waals surface area contributed by atoms with Crippen molar-refractivity contribution >= 4 is 5.69 Å². The second kappa shape index (κ2) is 4.94. The average Bonchev–Trinajstić information content (AvgIpc) is 2.18. The molecule has 14 heavy (non-hydrogen) atoms. The van der Waals surface area contributed by atoms with Crippen LogP contribution in [0.2, 0.25) is 0 Å². The molecule has 0 spiro atoms. The van der Waals surface area contributed by atoms with Crippen LogP contribution in [0, 0.1) is 0 Å². The predicted molar refractivity (Wildman–Crippen MR) is 54.9 cm³/mol. The van der Waals surface area contributed by atoms with Gasteiger partial charge in [0, 0.05) is 5.69 Å². The van der Waals surface area contributed by atoms with Crippen molar-refractivity contribution in [3.8, 4) is 0 Å². The van der Waals surface area contributed by atoms with Crippen LogP contribution in [0.5, 0.6) is 0 Å². The molecular formula is C11H15F2N. The number of rotatable bonds is 4. The van der Waals surface area contributed by atoms with E-state index in [2.05, 4.69) is 5.32 Å². The molecule has 0 aromatic heterocycles. The quantitative estimate of drug-likeness (QED) is 0.784. The molecule has 0 saturated carbocycles. The third-order valence-electron chi connectivity index (χ3n) is 2.11. The lowest BCUT2D eigenvalue weighted by Crippen LogP contribution is -2.23. The van der Waals surface area contributed by atoms with Crippen molar-refractivity contribution in [2.45, 2.75) is 32.7 Å². The van der Waals surface area contributed by atoms with E-state index in [0.717, 1.165) is 17.7 Å². The largest absolute Gasteiger partial charge is 0.377 e. The smallest absolute Gasteiger partial charge is 0.258 e.